The molecule has 9 nitrogen and oxygen atoms in total. The second-order valence-electron chi connectivity index (χ2n) is 8.61. The standard InChI is InChI=1S/C24H30N4O5/c1-14(12-24(2,3)31)26-16-11-18-19(20(23(30)33-6)28(4)21(18)25-13-16)27-22(29)15-7-9-17(32-5)10-8-15/h7-11,13-14,26,31H,12H2,1-6H3,(H,27,29)/t14-/m0/s1. The van der Waals surface area contributed by atoms with Gasteiger partial charge in [-0.3, -0.25) is 4.79 Å². The number of anilines is 2. The second-order valence-corrected chi connectivity index (χ2v) is 8.61. The monoisotopic (exact) mass is 454 g/mol. The van der Waals surface area contributed by atoms with Crippen molar-refractivity contribution >= 4 is 34.3 Å². The lowest BCUT2D eigenvalue weighted by Crippen LogP contribution is -2.29. The summed E-state index contributed by atoms with van der Waals surface area (Å²) in [5, 5.41) is 16.8. The van der Waals surface area contributed by atoms with Crippen LogP contribution in [0.1, 0.15) is 48.0 Å². The first-order chi connectivity index (χ1) is 15.5. The number of pyridine rings is 1. The van der Waals surface area contributed by atoms with Crippen molar-refractivity contribution < 1.29 is 24.2 Å². The predicted octanol–water partition coefficient (Wildman–Crippen LogP) is 3.58. The number of hydrogen-bond acceptors (Lipinski definition) is 7. The van der Waals surface area contributed by atoms with Gasteiger partial charge in [-0.05, 0) is 57.5 Å². The summed E-state index contributed by atoms with van der Waals surface area (Å²) in [6.45, 7) is 5.46. The van der Waals surface area contributed by atoms with E-state index in [9.17, 15) is 14.7 Å². The van der Waals surface area contributed by atoms with E-state index in [1.165, 1.54) is 7.11 Å². The van der Waals surface area contributed by atoms with Crippen molar-refractivity contribution in [1.29, 1.82) is 0 Å². The maximum absolute atomic E-state index is 13.0. The Morgan fingerprint density at radius 2 is 1.88 bits per heavy atom. The number of carbonyl (C=O) groups excluding carboxylic acids is 2. The smallest absolute Gasteiger partial charge is 0.356 e. The molecule has 0 saturated heterocycles. The van der Waals surface area contributed by atoms with Gasteiger partial charge in [0.1, 0.15) is 11.4 Å². The number of benzene rings is 1. The minimum Gasteiger partial charge on any atom is -0.497 e. The van der Waals surface area contributed by atoms with Crippen LogP contribution in [0.5, 0.6) is 5.75 Å². The summed E-state index contributed by atoms with van der Waals surface area (Å²) in [5.74, 6) is -0.346. The molecule has 0 saturated carbocycles. The molecule has 3 N–H and O–H groups in total. The highest BCUT2D eigenvalue weighted by molar-refractivity contribution is 6.14. The number of ether oxygens (including phenoxy) is 2. The average molecular weight is 455 g/mol. The number of rotatable bonds is 8. The van der Waals surface area contributed by atoms with Crippen LogP contribution in [0, 0.1) is 0 Å². The lowest BCUT2D eigenvalue weighted by atomic mass is 10.0. The molecule has 2 aromatic heterocycles. The van der Waals surface area contributed by atoms with Gasteiger partial charge in [0.25, 0.3) is 5.91 Å². The quantitative estimate of drug-likeness (QED) is 0.446. The second kappa shape index (κ2) is 9.50. The van der Waals surface area contributed by atoms with Crippen molar-refractivity contribution in [3.8, 4) is 5.75 Å². The Kier molecular flexibility index (Phi) is 6.92. The molecule has 0 aliphatic rings. The van der Waals surface area contributed by atoms with Crippen LogP contribution in [0.3, 0.4) is 0 Å². The highest BCUT2D eigenvalue weighted by Crippen LogP contribution is 2.32. The average Bonchev–Trinajstić information content (AvgIpc) is 3.02. The van der Waals surface area contributed by atoms with Crippen LogP contribution in [0.25, 0.3) is 11.0 Å². The zero-order valence-corrected chi connectivity index (χ0v) is 19.7. The lowest BCUT2D eigenvalue weighted by molar-refractivity contribution is 0.0591. The fourth-order valence-corrected chi connectivity index (χ4v) is 3.86. The Hall–Kier alpha value is -3.59. The lowest BCUT2D eigenvalue weighted by Gasteiger charge is -2.23. The predicted molar refractivity (Wildman–Crippen MR) is 127 cm³/mol. The molecule has 3 rings (SSSR count). The van der Waals surface area contributed by atoms with Gasteiger partial charge in [-0.15, -0.1) is 0 Å². The summed E-state index contributed by atoms with van der Waals surface area (Å²) in [4.78, 5) is 30.0. The minimum atomic E-state index is -0.827. The Bertz CT molecular complexity index is 1160. The zero-order chi connectivity index (χ0) is 24.3. The van der Waals surface area contributed by atoms with Crippen LogP contribution in [0.4, 0.5) is 11.4 Å². The zero-order valence-electron chi connectivity index (χ0n) is 19.7. The van der Waals surface area contributed by atoms with Gasteiger partial charge in [-0.2, -0.15) is 0 Å². The van der Waals surface area contributed by atoms with Crippen molar-refractivity contribution in [1.82, 2.24) is 9.55 Å². The molecule has 0 bridgehead atoms. The third kappa shape index (κ3) is 5.43. The van der Waals surface area contributed by atoms with Gasteiger partial charge in [0.2, 0.25) is 0 Å². The minimum absolute atomic E-state index is 0.0367. The van der Waals surface area contributed by atoms with Crippen molar-refractivity contribution in [3.05, 3.63) is 47.8 Å². The van der Waals surface area contributed by atoms with Crippen LogP contribution in [-0.4, -0.2) is 52.4 Å². The third-order valence-electron chi connectivity index (χ3n) is 5.21. The largest absolute Gasteiger partial charge is 0.497 e. The topological polar surface area (TPSA) is 115 Å². The van der Waals surface area contributed by atoms with Crippen molar-refractivity contribution in [2.75, 3.05) is 24.9 Å². The number of amides is 1. The van der Waals surface area contributed by atoms with Gasteiger partial charge in [0.15, 0.2) is 5.69 Å². The molecule has 1 amide bonds. The summed E-state index contributed by atoms with van der Waals surface area (Å²) in [5.41, 5.74) is 1.29. The van der Waals surface area contributed by atoms with Gasteiger partial charge in [-0.25, -0.2) is 9.78 Å². The van der Waals surface area contributed by atoms with Gasteiger partial charge in [-0.1, -0.05) is 0 Å². The summed E-state index contributed by atoms with van der Waals surface area (Å²) >= 11 is 0. The number of carbonyl (C=O) groups is 2. The van der Waals surface area contributed by atoms with E-state index in [1.54, 1.807) is 63.0 Å². The first-order valence-corrected chi connectivity index (χ1v) is 10.5. The molecule has 1 aromatic carbocycles. The molecule has 176 valence electrons. The Labute approximate surface area is 192 Å². The first-order valence-electron chi connectivity index (χ1n) is 10.5. The molecule has 0 aliphatic heterocycles. The van der Waals surface area contributed by atoms with Gasteiger partial charge in [0.05, 0.1) is 37.4 Å². The number of fused-ring (bicyclic) bond motifs is 1. The molecule has 2 heterocycles. The van der Waals surface area contributed by atoms with E-state index in [2.05, 4.69) is 15.6 Å². The molecular weight excluding hydrogens is 424 g/mol. The maximum Gasteiger partial charge on any atom is 0.356 e. The number of esters is 1. The van der Waals surface area contributed by atoms with E-state index in [1.807, 2.05) is 13.0 Å². The van der Waals surface area contributed by atoms with E-state index in [0.717, 1.165) is 0 Å². The van der Waals surface area contributed by atoms with E-state index in [-0.39, 0.29) is 17.6 Å². The van der Waals surface area contributed by atoms with Crippen molar-refractivity contribution in [3.63, 3.8) is 0 Å². The molecule has 0 spiro atoms. The summed E-state index contributed by atoms with van der Waals surface area (Å²) in [7, 11) is 4.53. The molecule has 0 radical (unpaired) electrons. The Morgan fingerprint density at radius 1 is 1.21 bits per heavy atom. The molecule has 1 atom stereocenters. The van der Waals surface area contributed by atoms with Crippen LogP contribution < -0.4 is 15.4 Å². The van der Waals surface area contributed by atoms with Gasteiger partial charge < -0.3 is 29.8 Å². The maximum atomic E-state index is 13.0. The van der Waals surface area contributed by atoms with E-state index < -0.39 is 11.6 Å². The number of aromatic nitrogens is 2. The van der Waals surface area contributed by atoms with E-state index in [4.69, 9.17) is 9.47 Å². The van der Waals surface area contributed by atoms with Crippen molar-refractivity contribution in [2.45, 2.75) is 38.8 Å². The van der Waals surface area contributed by atoms with Crippen LogP contribution >= 0.6 is 0 Å². The number of nitrogens with zero attached hydrogens (tertiary/aromatic N) is 2. The van der Waals surface area contributed by atoms with Gasteiger partial charge in [0, 0.05) is 24.0 Å². The molecule has 9 heteroatoms. The normalized spacial score (nSPS) is 12.3. The Morgan fingerprint density at radius 3 is 2.45 bits per heavy atom. The number of aliphatic hydroxyl groups is 1. The fraction of sp³-hybridized carbons (Fsp3) is 0.375. The summed E-state index contributed by atoms with van der Waals surface area (Å²) in [6, 6.07) is 8.44. The number of hydrogen-bond donors (Lipinski definition) is 3. The Balaban J connectivity index is 2.02. The summed E-state index contributed by atoms with van der Waals surface area (Å²) < 4.78 is 11.7. The third-order valence-corrected chi connectivity index (χ3v) is 5.21. The molecule has 0 fully saturated rings. The molecular formula is C24H30N4O5. The van der Waals surface area contributed by atoms with Crippen LogP contribution in [-0.2, 0) is 11.8 Å². The van der Waals surface area contributed by atoms with Crippen LogP contribution in [0.2, 0.25) is 0 Å². The number of methoxy groups -OCH3 is 2. The molecule has 33 heavy (non-hydrogen) atoms. The first kappa shape index (κ1) is 24.1. The fourth-order valence-electron chi connectivity index (χ4n) is 3.86. The molecule has 3 aromatic rings. The van der Waals surface area contributed by atoms with E-state index >= 15 is 0 Å². The summed E-state index contributed by atoms with van der Waals surface area (Å²) in [6.07, 6.45) is 2.17. The van der Waals surface area contributed by atoms with Gasteiger partial charge >= 0.3 is 5.97 Å². The molecule has 0 unspecified atom stereocenters. The van der Waals surface area contributed by atoms with Crippen molar-refractivity contribution in [2.24, 2.45) is 7.05 Å². The number of aryl methyl sites for hydroxylation is 1. The SMILES string of the molecule is COC(=O)c1c(NC(=O)c2ccc(OC)cc2)c2cc(N[C@@H](C)CC(C)(C)O)cnc2n1C. The highest BCUT2D eigenvalue weighted by atomic mass is 16.5. The molecule has 0 aliphatic carbocycles. The van der Waals surface area contributed by atoms with Crippen LogP contribution in [0.15, 0.2) is 36.5 Å². The highest BCUT2D eigenvalue weighted by Gasteiger charge is 2.25. The number of nitrogens with one attached hydrogen (secondary N) is 2. The van der Waals surface area contributed by atoms with E-state index in [0.29, 0.717) is 40.1 Å².